The molecule has 6 nitrogen and oxygen atoms in total. The molecule has 0 radical (unpaired) electrons. The van der Waals surface area contributed by atoms with E-state index in [1.54, 1.807) is 0 Å². The normalized spacial score (nSPS) is 28.0. The van der Waals surface area contributed by atoms with Crippen molar-refractivity contribution in [3.63, 3.8) is 0 Å². The van der Waals surface area contributed by atoms with Crippen LogP contribution in [0, 0.1) is 0 Å². The lowest BCUT2D eigenvalue weighted by Crippen LogP contribution is -2.46. The van der Waals surface area contributed by atoms with Gasteiger partial charge in [0.25, 0.3) is 0 Å². The maximum Gasteiger partial charge on any atom is 0.246 e. The van der Waals surface area contributed by atoms with Crippen molar-refractivity contribution in [3.8, 4) is 0 Å². The first-order valence-corrected chi connectivity index (χ1v) is 4.72. The Kier molecular flexibility index (Phi) is 2.07. The first-order valence-electron chi connectivity index (χ1n) is 4.72. The van der Waals surface area contributed by atoms with E-state index in [1.165, 1.54) is 0 Å². The highest BCUT2D eigenvalue weighted by Gasteiger charge is 2.29. The number of hydrogen-bond acceptors (Lipinski definition) is 5. The average molecular weight is 197 g/mol. The number of rotatable bonds is 1. The molecule has 0 amide bonds. The van der Waals surface area contributed by atoms with Crippen LogP contribution in [0.4, 0.5) is 11.9 Å². The quantitative estimate of drug-likeness (QED) is 0.577. The van der Waals surface area contributed by atoms with E-state index < -0.39 is 5.60 Å². The lowest BCUT2D eigenvalue weighted by Gasteiger charge is -2.36. The van der Waals surface area contributed by atoms with Gasteiger partial charge in [-0.05, 0) is 19.8 Å². The number of piperidine rings is 1. The van der Waals surface area contributed by atoms with Gasteiger partial charge in [-0.15, -0.1) is 5.10 Å². The molecule has 2 heterocycles. The molecule has 78 valence electrons. The minimum atomic E-state index is -0.645. The van der Waals surface area contributed by atoms with Gasteiger partial charge in [-0.3, -0.25) is 0 Å². The standard InChI is InChI=1S/C8H15N5O/c1-8(14)3-2-4-13(5-8)7-10-6(9)11-12-7/h14H,2-5H2,1H3,(H3,9,10,11,12). The Hall–Kier alpha value is -1.30. The van der Waals surface area contributed by atoms with E-state index in [4.69, 9.17) is 5.73 Å². The van der Waals surface area contributed by atoms with Gasteiger partial charge in [0.15, 0.2) is 0 Å². The van der Waals surface area contributed by atoms with E-state index in [0.717, 1.165) is 19.4 Å². The van der Waals surface area contributed by atoms with Gasteiger partial charge in [0.05, 0.1) is 5.60 Å². The Morgan fingerprint density at radius 1 is 1.64 bits per heavy atom. The second-order valence-electron chi connectivity index (χ2n) is 4.04. The third-order valence-electron chi connectivity index (χ3n) is 2.45. The van der Waals surface area contributed by atoms with Gasteiger partial charge in [0, 0.05) is 13.1 Å². The SMILES string of the molecule is CC1(O)CCCN(c2n[nH]c(N)n2)C1. The highest BCUT2D eigenvalue weighted by atomic mass is 16.3. The number of aliphatic hydroxyl groups is 1. The fourth-order valence-corrected chi connectivity index (χ4v) is 1.80. The van der Waals surface area contributed by atoms with Gasteiger partial charge >= 0.3 is 0 Å². The highest BCUT2D eigenvalue weighted by Crippen LogP contribution is 2.23. The number of nitrogens with zero attached hydrogens (tertiary/aromatic N) is 3. The summed E-state index contributed by atoms with van der Waals surface area (Å²) in [5, 5.41) is 16.4. The molecule has 0 aromatic carbocycles. The molecule has 1 aromatic heterocycles. The number of aromatic amines is 1. The Bertz CT molecular complexity index is 321. The smallest absolute Gasteiger partial charge is 0.246 e. The molecule has 1 aliphatic heterocycles. The molecule has 0 spiro atoms. The molecular weight excluding hydrogens is 182 g/mol. The van der Waals surface area contributed by atoms with Crippen molar-refractivity contribution in [1.82, 2.24) is 15.2 Å². The third-order valence-corrected chi connectivity index (χ3v) is 2.45. The summed E-state index contributed by atoms with van der Waals surface area (Å²) in [7, 11) is 0. The number of hydrogen-bond donors (Lipinski definition) is 3. The molecule has 0 bridgehead atoms. The van der Waals surface area contributed by atoms with Crippen LogP contribution in [0.25, 0.3) is 0 Å². The molecule has 2 rings (SSSR count). The lowest BCUT2D eigenvalue weighted by molar-refractivity contribution is 0.0445. The molecule has 1 saturated heterocycles. The van der Waals surface area contributed by atoms with E-state index in [-0.39, 0.29) is 0 Å². The van der Waals surface area contributed by atoms with Gasteiger partial charge in [-0.1, -0.05) is 0 Å². The van der Waals surface area contributed by atoms with E-state index in [9.17, 15) is 5.11 Å². The molecule has 1 aliphatic rings. The summed E-state index contributed by atoms with van der Waals surface area (Å²) in [5.41, 5.74) is 4.79. The Morgan fingerprint density at radius 2 is 2.43 bits per heavy atom. The Labute approximate surface area is 82.1 Å². The van der Waals surface area contributed by atoms with Crippen molar-refractivity contribution in [2.24, 2.45) is 0 Å². The molecular formula is C8H15N5O. The summed E-state index contributed by atoms with van der Waals surface area (Å²) in [6, 6.07) is 0. The first-order chi connectivity index (χ1) is 6.57. The van der Waals surface area contributed by atoms with Gasteiger partial charge in [-0.25, -0.2) is 5.10 Å². The summed E-state index contributed by atoms with van der Waals surface area (Å²) >= 11 is 0. The average Bonchev–Trinajstić information content (AvgIpc) is 2.50. The molecule has 1 aromatic rings. The van der Waals surface area contributed by atoms with E-state index in [0.29, 0.717) is 18.4 Å². The second-order valence-corrected chi connectivity index (χ2v) is 4.04. The predicted octanol–water partition coefficient (Wildman–Crippen LogP) is -0.262. The second kappa shape index (κ2) is 3.13. The topological polar surface area (TPSA) is 91.1 Å². The zero-order chi connectivity index (χ0) is 10.2. The van der Waals surface area contributed by atoms with E-state index in [2.05, 4.69) is 15.2 Å². The van der Waals surface area contributed by atoms with Crippen LogP contribution in [0.1, 0.15) is 19.8 Å². The maximum absolute atomic E-state index is 9.87. The Morgan fingerprint density at radius 3 is 3.00 bits per heavy atom. The number of β-amino-alcohol motifs (C(OH)–C–C–N with tert-alkyl or cyclic N) is 1. The molecule has 14 heavy (non-hydrogen) atoms. The summed E-state index contributed by atoms with van der Waals surface area (Å²) in [5.74, 6) is 0.882. The maximum atomic E-state index is 9.87. The highest BCUT2D eigenvalue weighted by molar-refractivity contribution is 5.35. The zero-order valence-corrected chi connectivity index (χ0v) is 8.19. The molecule has 0 saturated carbocycles. The van der Waals surface area contributed by atoms with Crippen molar-refractivity contribution in [3.05, 3.63) is 0 Å². The fourth-order valence-electron chi connectivity index (χ4n) is 1.80. The van der Waals surface area contributed by atoms with Crippen molar-refractivity contribution in [2.75, 3.05) is 23.7 Å². The van der Waals surface area contributed by atoms with Gasteiger partial charge in [0.1, 0.15) is 0 Å². The summed E-state index contributed by atoms with van der Waals surface area (Å²) in [6.07, 6.45) is 1.77. The van der Waals surface area contributed by atoms with Crippen LogP contribution >= 0.6 is 0 Å². The van der Waals surface area contributed by atoms with Crippen LogP contribution < -0.4 is 10.6 Å². The largest absolute Gasteiger partial charge is 0.388 e. The van der Waals surface area contributed by atoms with Gasteiger partial charge in [-0.2, -0.15) is 4.98 Å². The minimum absolute atomic E-state index is 0.310. The lowest BCUT2D eigenvalue weighted by atomic mass is 9.95. The molecule has 0 aliphatic carbocycles. The number of aromatic nitrogens is 3. The van der Waals surface area contributed by atoms with E-state index >= 15 is 0 Å². The van der Waals surface area contributed by atoms with Crippen LogP contribution in [-0.2, 0) is 0 Å². The number of nitrogen functional groups attached to an aromatic ring is 1. The first kappa shape index (κ1) is 9.26. The predicted molar refractivity (Wildman–Crippen MR) is 52.9 cm³/mol. The zero-order valence-electron chi connectivity index (χ0n) is 8.19. The van der Waals surface area contributed by atoms with Crippen LogP contribution in [0.2, 0.25) is 0 Å². The fraction of sp³-hybridized carbons (Fsp3) is 0.750. The summed E-state index contributed by atoms with van der Waals surface area (Å²) < 4.78 is 0. The van der Waals surface area contributed by atoms with Crippen LogP contribution in [0.15, 0.2) is 0 Å². The summed E-state index contributed by atoms with van der Waals surface area (Å²) in [4.78, 5) is 5.97. The number of nitrogens with one attached hydrogen (secondary N) is 1. The minimum Gasteiger partial charge on any atom is -0.388 e. The monoisotopic (exact) mass is 197 g/mol. The van der Waals surface area contributed by atoms with Crippen molar-refractivity contribution in [1.29, 1.82) is 0 Å². The molecule has 1 unspecified atom stereocenters. The van der Waals surface area contributed by atoms with Crippen LogP contribution in [0.3, 0.4) is 0 Å². The van der Waals surface area contributed by atoms with Gasteiger partial charge in [0.2, 0.25) is 11.9 Å². The van der Waals surface area contributed by atoms with Crippen molar-refractivity contribution in [2.45, 2.75) is 25.4 Å². The van der Waals surface area contributed by atoms with Crippen LogP contribution in [0.5, 0.6) is 0 Å². The Balaban J connectivity index is 2.12. The molecule has 4 N–H and O–H groups in total. The number of anilines is 2. The third kappa shape index (κ3) is 1.79. The van der Waals surface area contributed by atoms with Crippen molar-refractivity contribution < 1.29 is 5.11 Å². The van der Waals surface area contributed by atoms with Gasteiger partial charge < -0.3 is 15.7 Å². The molecule has 1 fully saturated rings. The molecule has 1 atom stereocenters. The molecule has 6 heteroatoms. The number of nitrogens with two attached hydrogens (primary N) is 1. The van der Waals surface area contributed by atoms with E-state index in [1.807, 2.05) is 11.8 Å². The number of H-pyrrole nitrogens is 1. The van der Waals surface area contributed by atoms with Crippen molar-refractivity contribution >= 4 is 11.9 Å². The summed E-state index contributed by atoms with van der Waals surface area (Å²) in [6.45, 7) is 3.26. The van der Waals surface area contributed by atoms with Crippen LogP contribution in [-0.4, -0.2) is 39.0 Å².